The zero-order chi connectivity index (χ0) is 19.3. The fraction of sp³-hybridized carbons (Fsp3) is 0.235. The molecule has 0 aliphatic heterocycles. The van der Waals surface area contributed by atoms with Crippen molar-refractivity contribution < 1.29 is 27.3 Å². The number of nitro benzene ring substituents is 1. The minimum Gasteiger partial charge on any atom is -0.458 e. The summed E-state index contributed by atoms with van der Waals surface area (Å²) in [6.45, 7) is 1.53. The van der Waals surface area contributed by atoms with Crippen molar-refractivity contribution in [1.82, 2.24) is 0 Å². The fourth-order valence-corrected chi connectivity index (χ4v) is 3.41. The summed E-state index contributed by atoms with van der Waals surface area (Å²) in [5, 5.41) is 10.8. The first-order valence-electron chi connectivity index (χ1n) is 7.61. The number of sulfone groups is 1. The molecule has 0 heterocycles. The van der Waals surface area contributed by atoms with Crippen molar-refractivity contribution in [3.63, 3.8) is 0 Å². The molecule has 0 N–H and O–H groups in total. The van der Waals surface area contributed by atoms with E-state index in [1.807, 2.05) is 0 Å². The average molecular weight is 381 g/mol. The van der Waals surface area contributed by atoms with E-state index in [0.29, 0.717) is 5.56 Å². The van der Waals surface area contributed by atoms with E-state index in [0.717, 1.165) is 24.3 Å². The third-order valence-corrected chi connectivity index (χ3v) is 5.34. The normalized spacial score (nSPS) is 12.4. The molecular weight excluding hydrogens is 365 g/mol. The first kappa shape index (κ1) is 19.5. The lowest BCUT2D eigenvalue weighted by molar-refractivity contribution is -0.385. The molecule has 0 amide bonds. The highest BCUT2D eigenvalue weighted by molar-refractivity contribution is 7.91. The Balaban J connectivity index is 1.97. The van der Waals surface area contributed by atoms with Crippen LogP contribution in [0.4, 0.5) is 10.1 Å². The lowest BCUT2D eigenvalue weighted by Crippen LogP contribution is -2.15. The topological polar surface area (TPSA) is 104 Å². The molecule has 0 aliphatic rings. The maximum absolute atomic E-state index is 12.9. The van der Waals surface area contributed by atoms with Crippen molar-refractivity contribution in [3.8, 4) is 0 Å². The van der Waals surface area contributed by atoms with E-state index in [2.05, 4.69) is 0 Å². The van der Waals surface area contributed by atoms with E-state index in [9.17, 15) is 27.7 Å². The van der Waals surface area contributed by atoms with Crippen LogP contribution in [0.3, 0.4) is 0 Å². The highest BCUT2D eigenvalue weighted by Crippen LogP contribution is 2.22. The molecule has 0 fully saturated rings. The molecule has 2 aromatic carbocycles. The van der Waals surface area contributed by atoms with Gasteiger partial charge in [-0.2, -0.15) is 0 Å². The first-order chi connectivity index (χ1) is 12.2. The van der Waals surface area contributed by atoms with Crippen LogP contribution in [0, 0.1) is 15.9 Å². The maximum Gasteiger partial charge on any atom is 0.307 e. The number of rotatable bonds is 7. The second-order valence-electron chi connectivity index (χ2n) is 5.51. The second kappa shape index (κ2) is 8.05. The van der Waals surface area contributed by atoms with Crippen LogP contribution in [0.2, 0.25) is 0 Å². The number of ether oxygens (including phenoxy) is 1. The number of carbonyl (C=O) groups is 1. The molecule has 2 rings (SSSR count). The minimum atomic E-state index is -3.75. The third kappa shape index (κ3) is 5.09. The monoisotopic (exact) mass is 381 g/mol. The Kier molecular flexibility index (Phi) is 6.04. The van der Waals surface area contributed by atoms with Crippen LogP contribution in [0.5, 0.6) is 0 Å². The first-order valence-corrected chi connectivity index (χ1v) is 9.26. The number of esters is 1. The van der Waals surface area contributed by atoms with Crippen molar-refractivity contribution >= 4 is 21.5 Å². The number of non-ortho nitro benzene ring substituents is 1. The maximum atomic E-state index is 12.9. The van der Waals surface area contributed by atoms with E-state index in [4.69, 9.17) is 4.74 Å². The molecule has 26 heavy (non-hydrogen) atoms. The van der Waals surface area contributed by atoms with Crippen LogP contribution in [0.15, 0.2) is 53.4 Å². The van der Waals surface area contributed by atoms with Gasteiger partial charge in [0, 0.05) is 12.1 Å². The van der Waals surface area contributed by atoms with Gasteiger partial charge in [-0.3, -0.25) is 14.9 Å². The summed E-state index contributed by atoms with van der Waals surface area (Å²) in [6, 6.07) is 9.94. The molecule has 9 heteroatoms. The average Bonchev–Trinajstić information content (AvgIpc) is 2.60. The number of nitrogens with zero attached hydrogens (tertiary/aromatic N) is 1. The zero-order valence-electron chi connectivity index (χ0n) is 13.8. The quantitative estimate of drug-likeness (QED) is 0.316. The number of benzene rings is 2. The predicted molar refractivity (Wildman–Crippen MR) is 90.7 cm³/mol. The number of nitro groups is 1. The molecule has 0 bridgehead atoms. The van der Waals surface area contributed by atoms with Crippen molar-refractivity contribution in [3.05, 3.63) is 70.0 Å². The SMILES string of the molecule is C[C@H](OC(=O)CCS(=O)(=O)c1ccc(F)cc1)c1cccc([N+](=O)[O-])c1. The van der Waals surface area contributed by atoms with Crippen molar-refractivity contribution in [2.75, 3.05) is 5.75 Å². The van der Waals surface area contributed by atoms with Gasteiger partial charge in [0.1, 0.15) is 11.9 Å². The Morgan fingerprint density at radius 3 is 2.50 bits per heavy atom. The van der Waals surface area contributed by atoms with Gasteiger partial charge in [0.15, 0.2) is 9.84 Å². The van der Waals surface area contributed by atoms with Crippen molar-refractivity contribution in [2.45, 2.75) is 24.3 Å². The molecule has 0 unspecified atom stereocenters. The van der Waals surface area contributed by atoms with Crippen LogP contribution in [0.25, 0.3) is 0 Å². The molecule has 0 aromatic heterocycles. The molecule has 1 atom stereocenters. The second-order valence-corrected chi connectivity index (χ2v) is 7.62. The summed E-state index contributed by atoms with van der Waals surface area (Å²) >= 11 is 0. The van der Waals surface area contributed by atoms with Gasteiger partial charge < -0.3 is 4.74 Å². The molecule has 2 aromatic rings. The van der Waals surface area contributed by atoms with Gasteiger partial charge in [-0.05, 0) is 36.8 Å². The van der Waals surface area contributed by atoms with Gasteiger partial charge in [-0.1, -0.05) is 12.1 Å². The van der Waals surface area contributed by atoms with Crippen molar-refractivity contribution in [2.24, 2.45) is 0 Å². The van der Waals surface area contributed by atoms with Crippen LogP contribution >= 0.6 is 0 Å². The smallest absolute Gasteiger partial charge is 0.307 e. The van der Waals surface area contributed by atoms with E-state index in [1.54, 1.807) is 6.07 Å². The van der Waals surface area contributed by atoms with E-state index in [-0.39, 0.29) is 17.0 Å². The minimum absolute atomic E-state index is 0.0848. The Labute approximate surface area is 149 Å². The van der Waals surface area contributed by atoms with E-state index in [1.165, 1.54) is 25.1 Å². The van der Waals surface area contributed by atoms with Crippen LogP contribution < -0.4 is 0 Å². The molecule has 0 spiro atoms. The zero-order valence-corrected chi connectivity index (χ0v) is 14.6. The van der Waals surface area contributed by atoms with Crippen LogP contribution in [0.1, 0.15) is 25.0 Å². The van der Waals surface area contributed by atoms with Gasteiger partial charge in [-0.15, -0.1) is 0 Å². The number of hydrogen-bond acceptors (Lipinski definition) is 6. The van der Waals surface area contributed by atoms with Gasteiger partial charge in [-0.25, -0.2) is 12.8 Å². The summed E-state index contributed by atoms with van der Waals surface area (Å²) < 4.78 is 42.2. The molecule has 138 valence electrons. The Bertz CT molecular complexity index is 911. The van der Waals surface area contributed by atoms with Gasteiger partial charge >= 0.3 is 5.97 Å². The molecular formula is C17H16FNO6S. The largest absolute Gasteiger partial charge is 0.458 e. The van der Waals surface area contributed by atoms with Crippen LogP contribution in [-0.4, -0.2) is 25.1 Å². The molecule has 0 saturated carbocycles. The number of halogens is 1. The van der Waals surface area contributed by atoms with Gasteiger partial charge in [0.05, 0.1) is 22.0 Å². The number of hydrogen-bond donors (Lipinski definition) is 0. The third-order valence-electron chi connectivity index (χ3n) is 3.61. The van der Waals surface area contributed by atoms with E-state index < -0.39 is 38.4 Å². The number of carbonyl (C=O) groups excluding carboxylic acids is 1. The summed E-state index contributed by atoms with van der Waals surface area (Å²) in [5.74, 6) is -1.80. The summed E-state index contributed by atoms with van der Waals surface area (Å²) in [5.41, 5.74) is 0.290. The molecule has 7 nitrogen and oxygen atoms in total. The van der Waals surface area contributed by atoms with E-state index >= 15 is 0 Å². The Hall–Kier alpha value is -2.81. The highest BCUT2D eigenvalue weighted by Gasteiger charge is 2.19. The van der Waals surface area contributed by atoms with Crippen molar-refractivity contribution in [1.29, 1.82) is 0 Å². The lowest BCUT2D eigenvalue weighted by Gasteiger charge is -2.13. The molecule has 0 radical (unpaired) electrons. The molecule has 0 aliphatic carbocycles. The standard InChI is InChI=1S/C17H16FNO6S/c1-12(13-3-2-4-15(11-13)19(21)22)25-17(20)9-10-26(23,24)16-7-5-14(18)6-8-16/h2-8,11-12H,9-10H2,1H3/t12-/m0/s1. The lowest BCUT2D eigenvalue weighted by atomic mass is 10.1. The highest BCUT2D eigenvalue weighted by atomic mass is 32.2. The van der Waals surface area contributed by atoms with Gasteiger partial charge in [0.2, 0.25) is 0 Å². The van der Waals surface area contributed by atoms with Crippen LogP contribution in [-0.2, 0) is 19.4 Å². The summed E-state index contributed by atoms with van der Waals surface area (Å²) in [7, 11) is -3.75. The van der Waals surface area contributed by atoms with Gasteiger partial charge in [0.25, 0.3) is 5.69 Å². The Morgan fingerprint density at radius 1 is 1.23 bits per heavy atom. The summed E-state index contributed by atoms with van der Waals surface area (Å²) in [6.07, 6.45) is -1.16. The molecule has 0 saturated heterocycles. The fourth-order valence-electron chi connectivity index (χ4n) is 2.19. The predicted octanol–water partition coefficient (Wildman–Crippen LogP) is 3.20. The Morgan fingerprint density at radius 2 is 1.88 bits per heavy atom. The summed E-state index contributed by atoms with van der Waals surface area (Å²) in [4.78, 5) is 22.0.